The van der Waals surface area contributed by atoms with Crippen LogP contribution in [-0.4, -0.2) is 4.98 Å². The van der Waals surface area contributed by atoms with Crippen LogP contribution in [0.1, 0.15) is 11.1 Å². The molecular weight excluding hydrogens is 320 g/mol. The maximum atomic E-state index is 4.65. The van der Waals surface area contributed by atoms with Gasteiger partial charge in [0.15, 0.2) is 11.5 Å². The molecular formula is C22H18N4. The van der Waals surface area contributed by atoms with Gasteiger partial charge in [0.05, 0.1) is 0 Å². The van der Waals surface area contributed by atoms with Crippen molar-refractivity contribution in [2.24, 2.45) is 10.2 Å². The van der Waals surface area contributed by atoms with E-state index in [2.05, 4.69) is 32.7 Å². The van der Waals surface area contributed by atoms with E-state index in [-0.39, 0.29) is 0 Å². The maximum absolute atomic E-state index is 4.65. The van der Waals surface area contributed by atoms with Crippen LogP contribution in [0.4, 0.5) is 5.82 Å². The van der Waals surface area contributed by atoms with E-state index in [9.17, 15) is 0 Å². The topological polar surface area (TPSA) is 49.6 Å². The third kappa shape index (κ3) is 3.30. The van der Waals surface area contributed by atoms with Crippen LogP contribution in [0.25, 0.3) is 5.70 Å². The highest BCUT2D eigenvalue weighted by Gasteiger charge is 2.32. The van der Waals surface area contributed by atoms with Crippen LogP contribution in [0.3, 0.4) is 0 Å². The van der Waals surface area contributed by atoms with Gasteiger partial charge in [-0.1, -0.05) is 72.8 Å². The molecule has 3 aromatic rings. The number of pyridine rings is 1. The number of hydrogen-bond donors (Lipinski definition) is 1. The van der Waals surface area contributed by atoms with E-state index in [1.54, 1.807) is 6.20 Å². The second-order valence-electron chi connectivity index (χ2n) is 5.95. The van der Waals surface area contributed by atoms with Crippen molar-refractivity contribution in [2.75, 3.05) is 0 Å². The first-order chi connectivity index (χ1) is 12.9. The van der Waals surface area contributed by atoms with Crippen molar-refractivity contribution in [1.29, 1.82) is 0 Å². The second-order valence-corrected chi connectivity index (χ2v) is 5.95. The van der Waals surface area contributed by atoms with Gasteiger partial charge >= 0.3 is 0 Å². The van der Waals surface area contributed by atoms with Crippen molar-refractivity contribution >= 4 is 11.5 Å². The lowest BCUT2D eigenvalue weighted by Crippen LogP contribution is -2.39. The zero-order chi connectivity index (χ0) is 17.7. The minimum Gasteiger partial charge on any atom is -0.352 e. The molecule has 2 aromatic carbocycles. The van der Waals surface area contributed by atoms with Crippen molar-refractivity contribution in [3.63, 3.8) is 0 Å². The Morgan fingerprint density at radius 3 is 2.27 bits per heavy atom. The molecule has 1 aliphatic rings. The summed E-state index contributed by atoms with van der Waals surface area (Å²) in [5.74, 6) is 0.578. The van der Waals surface area contributed by atoms with Crippen LogP contribution in [0.5, 0.6) is 0 Å². The lowest BCUT2D eigenvalue weighted by Gasteiger charge is -2.31. The Morgan fingerprint density at radius 1 is 0.808 bits per heavy atom. The normalized spacial score (nSPS) is 19.2. The zero-order valence-corrected chi connectivity index (χ0v) is 14.2. The molecule has 0 saturated carbocycles. The van der Waals surface area contributed by atoms with Crippen LogP contribution in [0.2, 0.25) is 0 Å². The Morgan fingerprint density at radius 2 is 1.54 bits per heavy atom. The molecule has 0 bridgehead atoms. The van der Waals surface area contributed by atoms with E-state index in [1.165, 1.54) is 0 Å². The maximum Gasteiger partial charge on any atom is 0.195 e. The van der Waals surface area contributed by atoms with Crippen molar-refractivity contribution in [3.05, 3.63) is 114 Å². The fourth-order valence-corrected chi connectivity index (χ4v) is 2.88. The van der Waals surface area contributed by atoms with E-state index < -0.39 is 5.66 Å². The summed E-state index contributed by atoms with van der Waals surface area (Å²) in [5.41, 5.74) is 2.33. The molecule has 1 aromatic heterocycles. The number of dihydropyridines is 1. The fourth-order valence-electron chi connectivity index (χ4n) is 2.88. The molecule has 4 nitrogen and oxygen atoms in total. The smallest absolute Gasteiger partial charge is 0.195 e. The quantitative estimate of drug-likeness (QED) is 0.663. The van der Waals surface area contributed by atoms with Gasteiger partial charge in [0, 0.05) is 17.5 Å². The second kappa shape index (κ2) is 7.15. The monoisotopic (exact) mass is 338 g/mol. The van der Waals surface area contributed by atoms with Crippen LogP contribution in [-0.2, 0) is 5.66 Å². The molecule has 0 saturated heterocycles. The average molecular weight is 338 g/mol. The molecule has 0 radical (unpaired) electrons. The molecule has 0 amide bonds. The first kappa shape index (κ1) is 16.0. The Kier molecular flexibility index (Phi) is 4.39. The van der Waals surface area contributed by atoms with Crippen LogP contribution in [0, 0.1) is 0 Å². The SMILES string of the molecule is C1=CC(N=Nc2ccccn2)(c2ccccc2)NC(c2ccccc2)=C1. The first-order valence-corrected chi connectivity index (χ1v) is 8.48. The van der Waals surface area contributed by atoms with Gasteiger partial charge < -0.3 is 5.32 Å². The molecule has 4 heteroatoms. The minimum atomic E-state index is -0.779. The molecule has 126 valence electrons. The van der Waals surface area contributed by atoms with Crippen LogP contribution >= 0.6 is 0 Å². The van der Waals surface area contributed by atoms with Crippen molar-refractivity contribution in [1.82, 2.24) is 10.3 Å². The predicted octanol–water partition coefficient (Wildman–Crippen LogP) is 5.22. The number of allylic oxidation sites excluding steroid dienone is 2. The molecule has 1 atom stereocenters. The lowest BCUT2D eigenvalue weighted by molar-refractivity contribution is 0.483. The number of nitrogens with zero attached hydrogens (tertiary/aromatic N) is 3. The van der Waals surface area contributed by atoms with E-state index in [1.807, 2.05) is 85.0 Å². The molecule has 2 heterocycles. The van der Waals surface area contributed by atoms with E-state index >= 15 is 0 Å². The molecule has 26 heavy (non-hydrogen) atoms. The molecule has 0 fully saturated rings. The van der Waals surface area contributed by atoms with Crippen LogP contribution < -0.4 is 5.32 Å². The molecule has 0 spiro atoms. The summed E-state index contributed by atoms with van der Waals surface area (Å²) in [6.07, 6.45) is 7.79. The highest BCUT2D eigenvalue weighted by Crippen LogP contribution is 2.32. The summed E-state index contributed by atoms with van der Waals surface area (Å²) >= 11 is 0. The Hall–Kier alpha value is -3.53. The zero-order valence-electron chi connectivity index (χ0n) is 14.2. The van der Waals surface area contributed by atoms with Crippen molar-refractivity contribution in [3.8, 4) is 0 Å². The third-order valence-electron chi connectivity index (χ3n) is 4.18. The van der Waals surface area contributed by atoms with Gasteiger partial charge in [0.1, 0.15) is 0 Å². The third-order valence-corrected chi connectivity index (χ3v) is 4.18. The van der Waals surface area contributed by atoms with Gasteiger partial charge in [-0.15, -0.1) is 10.2 Å². The first-order valence-electron chi connectivity index (χ1n) is 8.48. The number of nitrogens with one attached hydrogen (secondary N) is 1. The number of azo groups is 1. The summed E-state index contributed by atoms with van der Waals surface area (Å²) in [6.45, 7) is 0. The van der Waals surface area contributed by atoms with Gasteiger partial charge in [-0.05, 0) is 29.8 Å². The van der Waals surface area contributed by atoms with Crippen molar-refractivity contribution in [2.45, 2.75) is 5.66 Å². The fraction of sp³-hybridized carbons (Fsp3) is 0.0455. The summed E-state index contributed by atoms with van der Waals surface area (Å²) in [4.78, 5) is 4.24. The average Bonchev–Trinajstić information content (AvgIpc) is 2.74. The summed E-state index contributed by atoms with van der Waals surface area (Å²) in [7, 11) is 0. The standard InChI is InChI=1S/C22H18N4/c1-3-10-18(11-4-1)20-14-9-16-22(24-20,19-12-5-2-6-13-19)26-25-21-15-7-8-17-23-21/h1-17,24H. The number of aromatic nitrogens is 1. The molecule has 4 rings (SSSR count). The van der Waals surface area contributed by atoms with E-state index in [4.69, 9.17) is 0 Å². The predicted molar refractivity (Wildman–Crippen MR) is 104 cm³/mol. The van der Waals surface area contributed by atoms with Crippen LogP contribution in [0.15, 0.2) is 114 Å². The highest BCUT2D eigenvalue weighted by molar-refractivity contribution is 5.68. The van der Waals surface area contributed by atoms with Gasteiger partial charge in [0.25, 0.3) is 0 Å². The largest absolute Gasteiger partial charge is 0.352 e. The Bertz CT molecular complexity index is 947. The van der Waals surface area contributed by atoms with Gasteiger partial charge in [0.2, 0.25) is 0 Å². The summed E-state index contributed by atoms with van der Waals surface area (Å²) in [5, 5.41) is 12.6. The summed E-state index contributed by atoms with van der Waals surface area (Å²) < 4.78 is 0. The lowest BCUT2D eigenvalue weighted by atomic mass is 9.95. The Balaban J connectivity index is 1.74. The minimum absolute atomic E-state index is 0.578. The number of benzene rings is 2. The van der Waals surface area contributed by atoms with Gasteiger partial charge in [-0.3, -0.25) is 0 Å². The molecule has 0 aliphatic carbocycles. The van der Waals surface area contributed by atoms with E-state index in [0.29, 0.717) is 5.82 Å². The number of hydrogen-bond acceptors (Lipinski definition) is 4. The Labute approximate surface area is 152 Å². The van der Waals surface area contributed by atoms with Gasteiger partial charge in [-0.2, -0.15) is 0 Å². The highest BCUT2D eigenvalue weighted by atomic mass is 15.3. The van der Waals surface area contributed by atoms with Crippen molar-refractivity contribution < 1.29 is 0 Å². The molecule has 1 N–H and O–H groups in total. The van der Waals surface area contributed by atoms with Gasteiger partial charge in [-0.25, -0.2) is 4.98 Å². The molecule has 1 aliphatic heterocycles. The van der Waals surface area contributed by atoms with E-state index in [0.717, 1.165) is 16.8 Å². The number of rotatable bonds is 4. The molecule has 1 unspecified atom stereocenters. The summed E-state index contributed by atoms with van der Waals surface area (Å²) in [6, 6.07) is 25.9.